The van der Waals surface area contributed by atoms with E-state index in [9.17, 15) is 4.79 Å². The number of ketones is 1. The molecule has 2 aromatic rings. The van der Waals surface area contributed by atoms with E-state index in [1.807, 2.05) is 42.5 Å². The van der Waals surface area contributed by atoms with Gasteiger partial charge in [-0.15, -0.1) is 0 Å². The molecule has 0 radical (unpaired) electrons. The summed E-state index contributed by atoms with van der Waals surface area (Å²) in [5.41, 5.74) is 3.67. The number of fused-ring (bicyclic) bond motifs is 3. The van der Waals surface area contributed by atoms with E-state index in [1.54, 1.807) is 0 Å². The van der Waals surface area contributed by atoms with Crippen LogP contribution >= 0.6 is 0 Å². The van der Waals surface area contributed by atoms with E-state index in [0.717, 1.165) is 41.0 Å². The number of ether oxygens (including phenoxy) is 1. The maximum atomic E-state index is 12.6. The normalized spacial score (nSPS) is 12.1. The van der Waals surface area contributed by atoms with E-state index >= 15 is 0 Å². The molecule has 0 amide bonds. The zero-order valence-corrected chi connectivity index (χ0v) is 23.7. The van der Waals surface area contributed by atoms with Crippen LogP contribution in [0.2, 0.25) is 0 Å². The lowest BCUT2D eigenvalue weighted by atomic mass is 10.0. The maximum absolute atomic E-state index is 12.6. The van der Waals surface area contributed by atoms with Gasteiger partial charge in [0.2, 0.25) is 0 Å². The van der Waals surface area contributed by atoms with Gasteiger partial charge in [-0.3, -0.25) is 4.79 Å². The minimum Gasteiger partial charge on any atom is -0.494 e. The van der Waals surface area contributed by atoms with Crippen molar-refractivity contribution >= 4 is 5.78 Å². The van der Waals surface area contributed by atoms with Crippen LogP contribution in [0, 0.1) is 0 Å². The molecule has 204 valence electrons. The van der Waals surface area contributed by atoms with Crippen LogP contribution in [-0.4, -0.2) is 12.4 Å². The second-order valence-electron chi connectivity index (χ2n) is 11.1. The van der Waals surface area contributed by atoms with Crippen LogP contribution in [-0.2, 0) is 0 Å². The van der Waals surface area contributed by atoms with Gasteiger partial charge in [0.15, 0.2) is 5.78 Å². The molecule has 0 atom stereocenters. The SMILES string of the molecule is CCCCCCCCCCCCCCCCCCCCCCOc1ccc2c(c1)C(=O)c1ccccc1-2. The lowest BCUT2D eigenvalue weighted by molar-refractivity contribution is 0.104. The lowest BCUT2D eigenvalue weighted by Crippen LogP contribution is -1.99. The topological polar surface area (TPSA) is 26.3 Å². The van der Waals surface area contributed by atoms with Gasteiger partial charge in [0.1, 0.15) is 5.75 Å². The van der Waals surface area contributed by atoms with Gasteiger partial charge in [-0.25, -0.2) is 0 Å². The van der Waals surface area contributed by atoms with Gasteiger partial charge < -0.3 is 4.74 Å². The Labute approximate surface area is 227 Å². The average Bonchev–Trinajstić information content (AvgIpc) is 3.21. The third-order valence-corrected chi connectivity index (χ3v) is 7.96. The molecular weight excluding hydrogens is 452 g/mol. The summed E-state index contributed by atoms with van der Waals surface area (Å²) in [6, 6.07) is 13.8. The van der Waals surface area contributed by atoms with Gasteiger partial charge in [-0.2, -0.15) is 0 Å². The first-order valence-corrected chi connectivity index (χ1v) is 15.7. The van der Waals surface area contributed by atoms with Gasteiger partial charge in [-0.05, 0) is 35.7 Å². The molecule has 0 aromatic heterocycles. The summed E-state index contributed by atoms with van der Waals surface area (Å²) in [7, 11) is 0. The highest BCUT2D eigenvalue weighted by molar-refractivity contribution is 6.21. The first-order chi connectivity index (χ1) is 18.3. The second-order valence-corrected chi connectivity index (χ2v) is 11.1. The molecule has 0 N–H and O–H groups in total. The Kier molecular flexibility index (Phi) is 14.5. The Balaban J connectivity index is 1.08. The van der Waals surface area contributed by atoms with Crippen molar-refractivity contribution in [3.8, 4) is 16.9 Å². The fraction of sp³-hybridized carbons (Fsp3) is 0.629. The molecule has 1 aliphatic rings. The highest BCUT2D eigenvalue weighted by Crippen LogP contribution is 2.38. The Morgan fingerprint density at radius 3 is 1.43 bits per heavy atom. The highest BCUT2D eigenvalue weighted by Gasteiger charge is 2.26. The Morgan fingerprint density at radius 2 is 0.919 bits per heavy atom. The number of hydrogen-bond donors (Lipinski definition) is 0. The van der Waals surface area contributed by atoms with E-state index in [0.29, 0.717) is 0 Å². The van der Waals surface area contributed by atoms with E-state index in [1.165, 1.54) is 122 Å². The zero-order valence-electron chi connectivity index (χ0n) is 23.7. The van der Waals surface area contributed by atoms with Crippen molar-refractivity contribution in [2.45, 2.75) is 135 Å². The van der Waals surface area contributed by atoms with Gasteiger partial charge in [0.05, 0.1) is 6.61 Å². The van der Waals surface area contributed by atoms with E-state index in [-0.39, 0.29) is 5.78 Å². The van der Waals surface area contributed by atoms with E-state index < -0.39 is 0 Å². The Hall–Kier alpha value is -2.09. The van der Waals surface area contributed by atoms with Crippen LogP contribution in [0.3, 0.4) is 0 Å². The number of rotatable bonds is 22. The van der Waals surface area contributed by atoms with Crippen LogP contribution in [0.1, 0.15) is 151 Å². The van der Waals surface area contributed by atoms with Gasteiger partial charge >= 0.3 is 0 Å². The molecule has 0 spiro atoms. The molecule has 2 aromatic carbocycles. The number of carbonyl (C=O) groups is 1. The van der Waals surface area contributed by atoms with Crippen molar-refractivity contribution in [1.29, 1.82) is 0 Å². The molecule has 2 nitrogen and oxygen atoms in total. The first kappa shape index (κ1) is 29.5. The van der Waals surface area contributed by atoms with Crippen LogP contribution in [0.5, 0.6) is 5.75 Å². The molecule has 2 heteroatoms. The quantitative estimate of drug-likeness (QED) is 0.127. The number of hydrogen-bond acceptors (Lipinski definition) is 2. The van der Waals surface area contributed by atoms with E-state index in [2.05, 4.69) is 6.92 Å². The highest BCUT2D eigenvalue weighted by atomic mass is 16.5. The summed E-state index contributed by atoms with van der Waals surface area (Å²) in [4.78, 5) is 12.6. The summed E-state index contributed by atoms with van der Waals surface area (Å²) in [6.45, 7) is 3.03. The molecule has 0 saturated heterocycles. The maximum Gasteiger partial charge on any atom is 0.194 e. The molecule has 3 rings (SSSR count). The lowest BCUT2D eigenvalue weighted by Gasteiger charge is -2.08. The van der Waals surface area contributed by atoms with Crippen molar-refractivity contribution in [1.82, 2.24) is 0 Å². The predicted molar refractivity (Wildman–Crippen MR) is 159 cm³/mol. The molecule has 37 heavy (non-hydrogen) atoms. The van der Waals surface area contributed by atoms with Crippen LogP contribution < -0.4 is 4.74 Å². The van der Waals surface area contributed by atoms with Crippen LogP contribution in [0.25, 0.3) is 11.1 Å². The predicted octanol–water partition coefficient (Wildman–Crippen LogP) is 11.1. The molecule has 0 aliphatic heterocycles. The number of unbranched alkanes of at least 4 members (excludes halogenated alkanes) is 19. The summed E-state index contributed by atoms with van der Waals surface area (Å²) >= 11 is 0. The van der Waals surface area contributed by atoms with Crippen molar-refractivity contribution in [3.63, 3.8) is 0 Å². The van der Waals surface area contributed by atoms with Crippen molar-refractivity contribution in [3.05, 3.63) is 53.6 Å². The van der Waals surface area contributed by atoms with Crippen molar-refractivity contribution < 1.29 is 9.53 Å². The fourth-order valence-electron chi connectivity index (χ4n) is 5.64. The summed E-state index contributed by atoms with van der Waals surface area (Å²) in [6.07, 6.45) is 27.9. The van der Waals surface area contributed by atoms with E-state index in [4.69, 9.17) is 4.74 Å². The van der Waals surface area contributed by atoms with Gasteiger partial charge in [0, 0.05) is 11.1 Å². The second kappa shape index (κ2) is 18.2. The monoisotopic (exact) mass is 504 g/mol. The number of benzene rings is 2. The van der Waals surface area contributed by atoms with Crippen molar-refractivity contribution in [2.24, 2.45) is 0 Å². The van der Waals surface area contributed by atoms with Crippen LogP contribution in [0.4, 0.5) is 0 Å². The fourth-order valence-corrected chi connectivity index (χ4v) is 5.64. The summed E-state index contributed by atoms with van der Waals surface area (Å²) < 4.78 is 5.96. The largest absolute Gasteiger partial charge is 0.494 e. The summed E-state index contributed by atoms with van der Waals surface area (Å²) in [5, 5.41) is 0. The van der Waals surface area contributed by atoms with Gasteiger partial charge in [0.25, 0.3) is 0 Å². The molecular formula is C35H52O2. The molecule has 0 heterocycles. The van der Waals surface area contributed by atoms with Crippen molar-refractivity contribution in [2.75, 3.05) is 6.61 Å². The smallest absolute Gasteiger partial charge is 0.194 e. The third-order valence-electron chi connectivity index (χ3n) is 7.96. The minimum atomic E-state index is 0.120. The molecule has 0 fully saturated rings. The summed E-state index contributed by atoms with van der Waals surface area (Å²) in [5.74, 6) is 0.938. The molecule has 0 unspecified atom stereocenters. The molecule has 1 aliphatic carbocycles. The average molecular weight is 505 g/mol. The number of carbonyl (C=O) groups excluding carboxylic acids is 1. The third kappa shape index (κ3) is 10.7. The zero-order chi connectivity index (χ0) is 26.0. The Bertz CT molecular complexity index is 900. The molecule has 0 saturated carbocycles. The minimum absolute atomic E-state index is 0.120. The van der Waals surface area contributed by atoms with Crippen LogP contribution in [0.15, 0.2) is 42.5 Å². The standard InChI is InChI=1S/C35H52O2/c1-2-3-4-5-6-7-8-9-10-11-12-13-14-15-16-17-18-19-20-23-28-37-30-26-27-32-31-24-21-22-25-33(31)35(36)34(32)29-30/h21-22,24-27,29H,2-20,23,28H2,1H3. The molecule has 0 bridgehead atoms. The Morgan fingerprint density at radius 1 is 0.486 bits per heavy atom. The van der Waals surface area contributed by atoms with Gasteiger partial charge in [-0.1, -0.05) is 153 Å². The first-order valence-electron chi connectivity index (χ1n) is 15.7.